The fourth-order valence-corrected chi connectivity index (χ4v) is 3.43. The molecule has 2 N–H and O–H groups in total. The van der Waals surface area contributed by atoms with Gasteiger partial charge in [-0.1, -0.05) is 101 Å². The third-order valence-electron chi connectivity index (χ3n) is 5.10. The zero-order valence-electron chi connectivity index (χ0n) is 17.0. The van der Waals surface area contributed by atoms with Gasteiger partial charge in [-0.05, 0) is 31.9 Å². The minimum Gasteiger partial charge on any atom is -0.507 e. The van der Waals surface area contributed by atoms with Gasteiger partial charge in [0, 0.05) is 5.56 Å². The Hall–Kier alpha value is -1.51. The lowest BCUT2D eigenvalue weighted by atomic mass is 10.00. The van der Waals surface area contributed by atoms with Crippen molar-refractivity contribution in [1.82, 2.24) is 0 Å². The summed E-state index contributed by atoms with van der Waals surface area (Å²) in [5.41, 5.74) is 2.31. The average Bonchev–Trinajstić information content (AvgIpc) is 2.64. The summed E-state index contributed by atoms with van der Waals surface area (Å²) < 4.78 is 0. The molecule has 0 aliphatic rings. The quantitative estimate of drug-likeness (QED) is 0.148. The molecule has 0 aromatic heterocycles. The summed E-state index contributed by atoms with van der Waals surface area (Å²) in [6, 6.07) is 5.41. The van der Waals surface area contributed by atoms with E-state index in [-0.39, 0.29) is 5.75 Å². The molecule has 0 spiro atoms. The molecule has 0 saturated carbocycles. The van der Waals surface area contributed by atoms with E-state index in [1.54, 1.807) is 6.07 Å². The normalized spacial score (nSPS) is 11.8. The topological polar surface area (TPSA) is 52.8 Å². The largest absolute Gasteiger partial charge is 0.507 e. The Bertz CT molecular complexity index is 511. The molecule has 0 radical (unpaired) electrons. The van der Waals surface area contributed by atoms with Gasteiger partial charge in [0.05, 0.1) is 5.71 Å². The van der Waals surface area contributed by atoms with Gasteiger partial charge in [0.2, 0.25) is 0 Å². The van der Waals surface area contributed by atoms with Crippen molar-refractivity contribution in [3.8, 4) is 5.75 Å². The molecule has 26 heavy (non-hydrogen) atoms. The van der Waals surface area contributed by atoms with Crippen molar-refractivity contribution in [2.45, 2.75) is 104 Å². The van der Waals surface area contributed by atoms with E-state index >= 15 is 0 Å². The molecule has 0 amide bonds. The van der Waals surface area contributed by atoms with Gasteiger partial charge >= 0.3 is 0 Å². The van der Waals surface area contributed by atoms with E-state index in [0.717, 1.165) is 18.4 Å². The maximum absolute atomic E-state index is 9.95. The molecule has 1 rings (SSSR count). The first-order valence-electron chi connectivity index (χ1n) is 10.7. The van der Waals surface area contributed by atoms with E-state index in [4.69, 9.17) is 0 Å². The minimum atomic E-state index is 0.193. The zero-order valence-corrected chi connectivity index (χ0v) is 17.0. The third-order valence-corrected chi connectivity index (χ3v) is 5.10. The van der Waals surface area contributed by atoms with Gasteiger partial charge in [-0.2, -0.15) is 0 Å². The molecule has 0 unspecified atom stereocenters. The molecule has 3 nitrogen and oxygen atoms in total. The van der Waals surface area contributed by atoms with Gasteiger partial charge in [-0.15, -0.1) is 0 Å². The fourth-order valence-electron chi connectivity index (χ4n) is 3.43. The highest BCUT2D eigenvalue weighted by molar-refractivity contribution is 6.02. The molecular formula is C23H39NO2. The van der Waals surface area contributed by atoms with Gasteiger partial charge in [-0.3, -0.25) is 0 Å². The summed E-state index contributed by atoms with van der Waals surface area (Å²) in [5.74, 6) is 0.193. The van der Waals surface area contributed by atoms with Crippen LogP contribution in [-0.2, 0) is 0 Å². The van der Waals surface area contributed by atoms with Gasteiger partial charge in [0.1, 0.15) is 5.75 Å². The highest BCUT2D eigenvalue weighted by Crippen LogP contribution is 2.22. The summed E-state index contributed by atoms with van der Waals surface area (Å²) in [5, 5.41) is 22.6. The lowest BCUT2D eigenvalue weighted by Crippen LogP contribution is -2.02. The highest BCUT2D eigenvalue weighted by Gasteiger charge is 2.10. The van der Waals surface area contributed by atoms with Crippen LogP contribution in [0.5, 0.6) is 5.75 Å². The minimum absolute atomic E-state index is 0.193. The van der Waals surface area contributed by atoms with Crippen LogP contribution in [-0.4, -0.2) is 16.0 Å². The second-order valence-corrected chi connectivity index (χ2v) is 7.56. The van der Waals surface area contributed by atoms with Crippen LogP contribution in [0.2, 0.25) is 0 Å². The Morgan fingerprint density at radius 3 is 1.81 bits per heavy atom. The summed E-state index contributed by atoms with van der Waals surface area (Å²) in [6.07, 6.45) is 17.9. The number of unbranched alkanes of at least 4 members (excludes halogenated alkanes) is 12. The predicted molar refractivity (Wildman–Crippen MR) is 111 cm³/mol. The molecule has 3 heteroatoms. The summed E-state index contributed by atoms with van der Waals surface area (Å²) in [4.78, 5) is 0. The molecule has 148 valence electrons. The van der Waals surface area contributed by atoms with Crippen molar-refractivity contribution in [2.24, 2.45) is 5.16 Å². The van der Waals surface area contributed by atoms with Crippen LogP contribution < -0.4 is 0 Å². The van der Waals surface area contributed by atoms with Crippen LogP contribution in [0.25, 0.3) is 0 Å². The van der Waals surface area contributed by atoms with Gasteiger partial charge in [0.25, 0.3) is 0 Å². The van der Waals surface area contributed by atoms with Crippen LogP contribution in [0.4, 0.5) is 0 Å². The predicted octanol–water partition coefficient (Wildman–Crippen LogP) is 7.36. The van der Waals surface area contributed by atoms with Gasteiger partial charge in [-0.25, -0.2) is 0 Å². The van der Waals surface area contributed by atoms with E-state index < -0.39 is 0 Å². The Morgan fingerprint density at radius 2 is 1.31 bits per heavy atom. The molecular weight excluding hydrogens is 322 g/mol. The number of hydrogen-bond acceptors (Lipinski definition) is 3. The van der Waals surface area contributed by atoms with Crippen molar-refractivity contribution in [3.63, 3.8) is 0 Å². The Balaban J connectivity index is 2.03. The molecule has 0 fully saturated rings. The molecule has 0 aliphatic heterocycles. The Kier molecular flexibility index (Phi) is 12.7. The second kappa shape index (κ2) is 14.6. The third kappa shape index (κ3) is 9.84. The SMILES string of the molecule is CCCCCCCCCCCCCCCC(=NO)c1cc(C)ccc1O. The van der Waals surface area contributed by atoms with E-state index in [1.807, 2.05) is 19.1 Å². The Morgan fingerprint density at radius 1 is 0.808 bits per heavy atom. The number of phenolic OH excluding ortho intramolecular Hbond substituents is 1. The van der Waals surface area contributed by atoms with E-state index in [2.05, 4.69) is 12.1 Å². The lowest BCUT2D eigenvalue weighted by Gasteiger charge is -2.08. The second-order valence-electron chi connectivity index (χ2n) is 7.56. The maximum atomic E-state index is 9.95. The fraction of sp³-hybridized carbons (Fsp3) is 0.696. The van der Waals surface area contributed by atoms with Crippen LogP contribution in [0.3, 0.4) is 0 Å². The zero-order chi connectivity index (χ0) is 19.0. The summed E-state index contributed by atoms with van der Waals surface area (Å²) in [7, 11) is 0. The number of hydrogen-bond donors (Lipinski definition) is 2. The lowest BCUT2D eigenvalue weighted by molar-refractivity contribution is 0.317. The van der Waals surface area contributed by atoms with Crippen molar-refractivity contribution in [1.29, 1.82) is 0 Å². The van der Waals surface area contributed by atoms with E-state index in [0.29, 0.717) is 17.7 Å². The smallest absolute Gasteiger partial charge is 0.124 e. The number of aromatic hydroxyl groups is 1. The monoisotopic (exact) mass is 361 g/mol. The molecule has 0 aliphatic carbocycles. The van der Waals surface area contributed by atoms with Crippen molar-refractivity contribution < 1.29 is 10.3 Å². The molecule has 0 atom stereocenters. The summed E-state index contributed by atoms with van der Waals surface area (Å²) >= 11 is 0. The first-order valence-corrected chi connectivity index (χ1v) is 10.7. The van der Waals surface area contributed by atoms with Gasteiger partial charge in [0.15, 0.2) is 0 Å². The van der Waals surface area contributed by atoms with Crippen LogP contribution in [0.1, 0.15) is 108 Å². The molecule has 0 saturated heterocycles. The Labute approximate surface area is 160 Å². The van der Waals surface area contributed by atoms with Gasteiger partial charge < -0.3 is 10.3 Å². The van der Waals surface area contributed by atoms with Crippen molar-refractivity contribution in [2.75, 3.05) is 0 Å². The van der Waals surface area contributed by atoms with Crippen LogP contribution in [0, 0.1) is 6.92 Å². The molecule has 1 aromatic carbocycles. The van der Waals surface area contributed by atoms with Crippen LogP contribution >= 0.6 is 0 Å². The first-order chi connectivity index (χ1) is 12.7. The van der Waals surface area contributed by atoms with E-state index in [9.17, 15) is 10.3 Å². The van der Waals surface area contributed by atoms with Crippen molar-refractivity contribution in [3.05, 3.63) is 29.3 Å². The van der Waals surface area contributed by atoms with Crippen molar-refractivity contribution >= 4 is 5.71 Å². The average molecular weight is 362 g/mol. The standard InChI is InChI=1S/C23H39NO2/c1-3-4-5-6-7-8-9-10-11-12-13-14-15-16-22(24-26)21-19-20(2)17-18-23(21)25/h17-19,25-26H,3-16H2,1-2H3. The maximum Gasteiger partial charge on any atom is 0.124 e. The number of phenols is 1. The first kappa shape index (κ1) is 22.5. The molecule has 0 bridgehead atoms. The number of oxime groups is 1. The number of aryl methyl sites for hydroxylation is 1. The number of benzene rings is 1. The summed E-state index contributed by atoms with van der Waals surface area (Å²) in [6.45, 7) is 4.24. The number of nitrogens with zero attached hydrogens (tertiary/aromatic N) is 1. The van der Waals surface area contributed by atoms with Crippen LogP contribution in [0.15, 0.2) is 23.4 Å². The highest BCUT2D eigenvalue weighted by atomic mass is 16.4. The van der Waals surface area contributed by atoms with E-state index in [1.165, 1.54) is 70.6 Å². The number of rotatable bonds is 15. The molecule has 1 aromatic rings. The molecule has 0 heterocycles.